The van der Waals surface area contributed by atoms with Gasteiger partial charge in [0.2, 0.25) is 0 Å². The number of benzene rings is 1. The second kappa shape index (κ2) is 5.14. The van der Waals surface area contributed by atoms with Gasteiger partial charge in [-0.2, -0.15) is 0 Å². The molecule has 94 valence electrons. The fourth-order valence-electron chi connectivity index (χ4n) is 1.17. The van der Waals surface area contributed by atoms with E-state index in [1.165, 1.54) is 12.1 Å². The molecule has 0 saturated heterocycles. The SMILES string of the molecule is CC(C)(O)CCOC(=O)c1cc(N)ccc1F. The van der Waals surface area contributed by atoms with Gasteiger partial charge in [0.05, 0.1) is 17.8 Å². The van der Waals surface area contributed by atoms with E-state index in [1.54, 1.807) is 13.8 Å². The average molecular weight is 241 g/mol. The van der Waals surface area contributed by atoms with Crippen molar-refractivity contribution in [3.8, 4) is 0 Å². The number of hydrogen-bond donors (Lipinski definition) is 2. The summed E-state index contributed by atoms with van der Waals surface area (Å²) in [6.45, 7) is 3.22. The number of ether oxygens (including phenoxy) is 1. The number of hydrogen-bond acceptors (Lipinski definition) is 4. The first-order chi connectivity index (χ1) is 7.79. The highest BCUT2D eigenvalue weighted by molar-refractivity contribution is 5.90. The number of nitrogen functional groups attached to an aromatic ring is 1. The van der Waals surface area contributed by atoms with E-state index >= 15 is 0 Å². The zero-order chi connectivity index (χ0) is 13.1. The lowest BCUT2D eigenvalue weighted by atomic mass is 10.1. The van der Waals surface area contributed by atoms with Crippen LogP contribution in [0.5, 0.6) is 0 Å². The van der Waals surface area contributed by atoms with Crippen molar-refractivity contribution in [3.63, 3.8) is 0 Å². The van der Waals surface area contributed by atoms with Crippen molar-refractivity contribution in [2.45, 2.75) is 25.9 Å². The Morgan fingerprint density at radius 2 is 2.18 bits per heavy atom. The van der Waals surface area contributed by atoms with Gasteiger partial charge in [-0.15, -0.1) is 0 Å². The first-order valence-corrected chi connectivity index (χ1v) is 5.24. The highest BCUT2D eigenvalue weighted by Crippen LogP contribution is 2.14. The summed E-state index contributed by atoms with van der Waals surface area (Å²) in [7, 11) is 0. The number of carbonyl (C=O) groups excluding carboxylic acids is 1. The predicted molar refractivity (Wildman–Crippen MR) is 62.0 cm³/mol. The number of esters is 1. The molecule has 0 saturated carbocycles. The van der Waals surface area contributed by atoms with Crippen molar-refractivity contribution in [1.82, 2.24) is 0 Å². The van der Waals surface area contributed by atoms with Crippen molar-refractivity contribution >= 4 is 11.7 Å². The standard InChI is InChI=1S/C12H16FNO3/c1-12(2,16)5-6-17-11(15)9-7-8(14)3-4-10(9)13/h3-4,7,16H,5-6,14H2,1-2H3. The van der Waals surface area contributed by atoms with Crippen molar-refractivity contribution < 1.29 is 19.0 Å². The number of anilines is 1. The molecule has 1 aromatic rings. The Balaban J connectivity index is 2.61. The molecule has 1 rings (SSSR count). The quantitative estimate of drug-likeness (QED) is 0.622. The number of carbonyl (C=O) groups is 1. The summed E-state index contributed by atoms with van der Waals surface area (Å²) in [5.74, 6) is -1.45. The molecule has 3 N–H and O–H groups in total. The van der Waals surface area contributed by atoms with Crippen LogP contribution < -0.4 is 5.73 Å². The van der Waals surface area contributed by atoms with Crippen LogP contribution in [0.4, 0.5) is 10.1 Å². The molecular weight excluding hydrogens is 225 g/mol. The highest BCUT2D eigenvalue weighted by Gasteiger charge is 2.16. The Morgan fingerprint density at radius 3 is 2.76 bits per heavy atom. The van der Waals surface area contributed by atoms with Crippen LogP contribution in [0.25, 0.3) is 0 Å². The molecule has 0 fully saturated rings. The third kappa shape index (κ3) is 4.40. The van der Waals surface area contributed by atoms with Gasteiger partial charge in [0.25, 0.3) is 0 Å². The third-order valence-corrected chi connectivity index (χ3v) is 2.16. The van der Waals surface area contributed by atoms with Crippen LogP contribution in [0, 0.1) is 5.82 Å². The Hall–Kier alpha value is -1.62. The van der Waals surface area contributed by atoms with Crippen molar-refractivity contribution in [1.29, 1.82) is 0 Å². The molecule has 0 bridgehead atoms. The maximum Gasteiger partial charge on any atom is 0.341 e. The number of rotatable bonds is 4. The molecule has 4 nitrogen and oxygen atoms in total. The Bertz CT molecular complexity index is 413. The summed E-state index contributed by atoms with van der Waals surface area (Å²) < 4.78 is 18.1. The van der Waals surface area contributed by atoms with E-state index in [1.807, 2.05) is 0 Å². The van der Waals surface area contributed by atoms with Crippen LogP contribution in [-0.4, -0.2) is 23.3 Å². The minimum absolute atomic E-state index is 0.0244. The van der Waals surface area contributed by atoms with Crippen LogP contribution in [0.15, 0.2) is 18.2 Å². The van der Waals surface area contributed by atoms with Crippen molar-refractivity contribution in [2.24, 2.45) is 0 Å². The normalized spacial score (nSPS) is 11.3. The van der Waals surface area contributed by atoms with Gasteiger partial charge in [0, 0.05) is 12.1 Å². The molecule has 0 aliphatic rings. The van der Waals surface area contributed by atoms with Gasteiger partial charge >= 0.3 is 5.97 Å². The molecule has 0 aromatic heterocycles. The van der Waals surface area contributed by atoms with E-state index in [4.69, 9.17) is 10.5 Å². The van der Waals surface area contributed by atoms with Crippen LogP contribution in [0.3, 0.4) is 0 Å². The zero-order valence-corrected chi connectivity index (χ0v) is 9.87. The summed E-state index contributed by atoms with van der Waals surface area (Å²) >= 11 is 0. The molecule has 0 radical (unpaired) electrons. The maximum absolute atomic E-state index is 13.3. The van der Waals surface area contributed by atoms with Crippen LogP contribution >= 0.6 is 0 Å². The minimum Gasteiger partial charge on any atom is -0.462 e. The number of aliphatic hydroxyl groups is 1. The van der Waals surface area contributed by atoms with Gasteiger partial charge < -0.3 is 15.6 Å². The topological polar surface area (TPSA) is 72.5 Å². The summed E-state index contributed by atoms with van der Waals surface area (Å²) in [4.78, 5) is 11.5. The molecule has 0 unspecified atom stereocenters. The van der Waals surface area contributed by atoms with E-state index in [9.17, 15) is 14.3 Å². The largest absolute Gasteiger partial charge is 0.462 e. The zero-order valence-electron chi connectivity index (χ0n) is 9.87. The maximum atomic E-state index is 13.3. The summed E-state index contributed by atoms with van der Waals surface area (Å²) in [5, 5.41) is 9.41. The molecule has 0 heterocycles. The van der Waals surface area contributed by atoms with E-state index in [-0.39, 0.29) is 18.6 Å². The second-order valence-electron chi connectivity index (χ2n) is 4.44. The van der Waals surface area contributed by atoms with E-state index in [2.05, 4.69) is 0 Å². The van der Waals surface area contributed by atoms with Gasteiger partial charge in [-0.25, -0.2) is 9.18 Å². The molecule has 0 aliphatic carbocycles. The smallest absolute Gasteiger partial charge is 0.341 e. The summed E-state index contributed by atoms with van der Waals surface area (Å²) in [5.41, 5.74) is 4.63. The number of halogens is 1. The highest BCUT2D eigenvalue weighted by atomic mass is 19.1. The average Bonchev–Trinajstić information content (AvgIpc) is 2.19. The molecule has 0 amide bonds. The second-order valence-corrected chi connectivity index (χ2v) is 4.44. The first-order valence-electron chi connectivity index (χ1n) is 5.24. The molecule has 5 heteroatoms. The molecule has 0 atom stereocenters. The van der Waals surface area contributed by atoms with Crippen LogP contribution in [0.1, 0.15) is 30.6 Å². The minimum atomic E-state index is -0.922. The van der Waals surface area contributed by atoms with Crippen molar-refractivity contribution in [2.75, 3.05) is 12.3 Å². The molecule has 0 spiro atoms. The van der Waals surface area contributed by atoms with Crippen LogP contribution in [0.2, 0.25) is 0 Å². The molecule has 17 heavy (non-hydrogen) atoms. The van der Waals surface area contributed by atoms with E-state index < -0.39 is 17.4 Å². The fraction of sp³-hybridized carbons (Fsp3) is 0.417. The Labute approximate surface area is 99.2 Å². The van der Waals surface area contributed by atoms with Crippen molar-refractivity contribution in [3.05, 3.63) is 29.6 Å². The van der Waals surface area contributed by atoms with Crippen LogP contribution in [-0.2, 0) is 4.74 Å². The number of nitrogens with two attached hydrogens (primary N) is 1. The Kier molecular flexibility index (Phi) is 4.07. The van der Waals surface area contributed by atoms with Gasteiger partial charge in [0.15, 0.2) is 0 Å². The van der Waals surface area contributed by atoms with Gasteiger partial charge in [-0.1, -0.05) is 0 Å². The molecule has 1 aromatic carbocycles. The van der Waals surface area contributed by atoms with Gasteiger partial charge in [-0.3, -0.25) is 0 Å². The fourth-order valence-corrected chi connectivity index (χ4v) is 1.17. The monoisotopic (exact) mass is 241 g/mol. The summed E-state index contributed by atoms with van der Waals surface area (Å²) in [6, 6.07) is 3.70. The first kappa shape index (κ1) is 13.4. The lowest BCUT2D eigenvalue weighted by molar-refractivity contribution is 0.0241. The van der Waals surface area contributed by atoms with Gasteiger partial charge in [0.1, 0.15) is 5.82 Å². The van der Waals surface area contributed by atoms with Gasteiger partial charge in [-0.05, 0) is 32.0 Å². The lowest BCUT2D eigenvalue weighted by Crippen LogP contribution is -2.22. The molecule has 0 aliphatic heterocycles. The Morgan fingerprint density at radius 1 is 1.53 bits per heavy atom. The van der Waals surface area contributed by atoms with E-state index in [0.717, 1.165) is 6.07 Å². The lowest BCUT2D eigenvalue weighted by Gasteiger charge is -2.16. The summed E-state index contributed by atoms with van der Waals surface area (Å²) in [6.07, 6.45) is 0.280. The predicted octanol–water partition coefficient (Wildman–Crippen LogP) is 1.73. The van der Waals surface area contributed by atoms with E-state index in [0.29, 0.717) is 5.69 Å². The molecular formula is C12H16FNO3. The third-order valence-electron chi connectivity index (χ3n) is 2.16.